The van der Waals surface area contributed by atoms with Gasteiger partial charge in [-0.3, -0.25) is 4.79 Å². The lowest BCUT2D eigenvalue weighted by Gasteiger charge is -2.08. The van der Waals surface area contributed by atoms with Crippen LogP contribution in [0.4, 0.5) is 10.9 Å². The second-order valence-electron chi connectivity index (χ2n) is 3.82. The monoisotopic (exact) mass is 280 g/mol. The highest BCUT2D eigenvalue weighted by Gasteiger charge is 2.16. The third-order valence-electron chi connectivity index (χ3n) is 2.31. The van der Waals surface area contributed by atoms with Crippen LogP contribution in [0, 0.1) is 6.92 Å². The zero-order valence-electron chi connectivity index (χ0n) is 10.1. The van der Waals surface area contributed by atoms with Crippen molar-refractivity contribution < 1.29 is 9.90 Å². The Morgan fingerprint density at radius 1 is 1.47 bits per heavy atom. The van der Waals surface area contributed by atoms with E-state index in [1.165, 1.54) is 11.3 Å². The van der Waals surface area contributed by atoms with Crippen LogP contribution in [0.15, 0.2) is 11.4 Å². The van der Waals surface area contributed by atoms with Crippen molar-refractivity contribution in [1.29, 1.82) is 0 Å². The van der Waals surface area contributed by atoms with Crippen molar-refractivity contribution in [3.8, 4) is 0 Å². The molecule has 0 amide bonds. The largest absolute Gasteiger partial charge is 0.480 e. The van der Waals surface area contributed by atoms with Crippen LogP contribution in [-0.2, 0) is 11.2 Å². The molecule has 0 bridgehead atoms. The molecule has 0 fully saturated rings. The summed E-state index contributed by atoms with van der Waals surface area (Å²) in [5, 5.41) is 29.5. The highest BCUT2D eigenvalue weighted by Crippen LogP contribution is 2.26. The summed E-state index contributed by atoms with van der Waals surface area (Å²) in [6, 6.07) is 0.871. The van der Waals surface area contributed by atoms with Gasteiger partial charge in [0.15, 0.2) is 5.82 Å². The number of carbonyl (C=O) groups is 1. The standard InChI is InChI=1S/C10H12N6O2S/c1-5-13-15-10(16-14-5)12-8-6(2-3-19-8)4-7(11)9(17)18/h2-3,7H,4,11H2,1H3,(H,17,18)(H,12,15,16). The number of thiophene rings is 1. The van der Waals surface area contributed by atoms with Gasteiger partial charge < -0.3 is 16.2 Å². The van der Waals surface area contributed by atoms with E-state index >= 15 is 0 Å². The molecule has 1 atom stereocenters. The third kappa shape index (κ3) is 3.42. The zero-order chi connectivity index (χ0) is 13.8. The summed E-state index contributed by atoms with van der Waals surface area (Å²) in [6.07, 6.45) is 0.230. The Balaban J connectivity index is 2.11. The van der Waals surface area contributed by atoms with Gasteiger partial charge in [0.25, 0.3) is 5.95 Å². The van der Waals surface area contributed by atoms with Crippen LogP contribution in [-0.4, -0.2) is 37.5 Å². The zero-order valence-corrected chi connectivity index (χ0v) is 10.9. The fourth-order valence-electron chi connectivity index (χ4n) is 1.36. The van der Waals surface area contributed by atoms with E-state index in [0.29, 0.717) is 5.82 Å². The number of anilines is 2. The predicted molar refractivity (Wildman–Crippen MR) is 69.3 cm³/mol. The molecule has 2 aromatic rings. The molecule has 0 spiro atoms. The van der Waals surface area contributed by atoms with Crippen LogP contribution in [0.25, 0.3) is 0 Å². The lowest BCUT2D eigenvalue weighted by Crippen LogP contribution is -2.32. The first kappa shape index (κ1) is 13.3. The molecule has 0 saturated carbocycles. The van der Waals surface area contributed by atoms with Gasteiger partial charge in [-0.15, -0.1) is 31.7 Å². The minimum absolute atomic E-state index is 0.230. The van der Waals surface area contributed by atoms with E-state index in [4.69, 9.17) is 10.8 Å². The summed E-state index contributed by atoms with van der Waals surface area (Å²) < 4.78 is 0. The summed E-state index contributed by atoms with van der Waals surface area (Å²) in [6.45, 7) is 1.69. The summed E-state index contributed by atoms with van der Waals surface area (Å²) in [7, 11) is 0. The molecule has 2 aromatic heterocycles. The summed E-state index contributed by atoms with van der Waals surface area (Å²) >= 11 is 1.41. The Kier molecular flexibility index (Phi) is 3.97. The van der Waals surface area contributed by atoms with Crippen LogP contribution in [0.1, 0.15) is 11.4 Å². The summed E-state index contributed by atoms with van der Waals surface area (Å²) in [5.41, 5.74) is 6.31. The molecule has 19 heavy (non-hydrogen) atoms. The SMILES string of the molecule is Cc1nnc(Nc2sccc2CC(N)C(=O)O)nn1. The van der Waals surface area contributed by atoms with Crippen molar-refractivity contribution in [3.05, 3.63) is 22.8 Å². The van der Waals surface area contributed by atoms with Gasteiger partial charge in [-0.25, -0.2) is 0 Å². The summed E-state index contributed by atoms with van der Waals surface area (Å²) in [5.74, 6) is -0.296. The van der Waals surface area contributed by atoms with Crippen molar-refractivity contribution in [3.63, 3.8) is 0 Å². The van der Waals surface area contributed by atoms with E-state index in [9.17, 15) is 4.79 Å². The molecule has 0 radical (unpaired) electrons. The number of rotatable bonds is 5. The highest BCUT2D eigenvalue weighted by atomic mass is 32.1. The van der Waals surface area contributed by atoms with Crippen molar-refractivity contribution in [1.82, 2.24) is 20.4 Å². The molecule has 0 saturated heterocycles. The molecule has 100 valence electrons. The smallest absolute Gasteiger partial charge is 0.320 e. The summed E-state index contributed by atoms with van der Waals surface area (Å²) in [4.78, 5) is 10.7. The third-order valence-corrected chi connectivity index (χ3v) is 3.18. The maximum atomic E-state index is 10.7. The average Bonchev–Trinajstić information content (AvgIpc) is 2.79. The van der Waals surface area contributed by atoms with E-state index in [1.807, 2.05) is 11.4 Å². The van der Waals surface area contributed by atoms with Gasteiger partial charge in [0.05, 0.1) is 5.00 Å². The molecular weight excluding hydrogens is 268 g/mol. The van der Waals surface area contributed by atoms with Gasteiger partial charge in [-0.2, -0.15) is 0 Å². The minimum atomic E-state index is -1.04. The van der Waals surface area contributed by atoms with E-state index < -0.39 is 12.0 Å². The number of hydrogen-bond donors (Lipinski definition) is 3. The number of carboxylic acid groups (broad SMARTS) is 1. The maximum absolute atomic E-state index is 10.7. The Labute approximate surface area is 112 Å². The quantitative estimate of drug-likeness (QED) is 0.715. The van der Waals surface area contributed by atoms with E-state index in [-0.39, 0.29) is 12.4 Å². The number of aliphatic carboxylic acids is 1. The first-order chi connectivity index (χ1) is 9.06. The second kappa shape index (κ2) is 5.67. The maximum Gasteiger partial charge on any atom is 0.320 e. The molecule has 0 aromatic carbocycles. The van der Waals surface area contributed by atoms with Crippen molar-refractivity contribution in [2.24, 2.45) is 5.73 Å². The van der Waals surface area contributed by atoms with Crippen LogP contribution >= 0.6 is 11.3 Å². The molecule has 8 nitrogen and oxygen atoms in total. The van der Waals surface area contributed by atoms with Crippen LogP contribution < -0.4 is 11.1 Å². The molecule has 0 aliphatic heterocycles. The number of hydrogen-bond acceptors (Lipinski definition) is 8. The van der Waals surface area contributed by atoms with Crippen molar-refractivity contribution in [2.45, 2.75) is 19.4 Å². The molecule has 1 unspecified atom stereocenters. The van der Waals surface area contributed by atoms with Gasteiger partial charge in [0.2, 0.25) is 0 Å². The number of aryl methyl sites for hydroxylation is 1. The molecule has 2 heterocycles. The average molecular weight is 280 g/mol. The minimum Gasteiger partial charge on any atom is -0.480 e. The predicted octanol–water partition coefficient (Wildman–Crippen LogP) is 0.335. The molecule has 0 aliphatic carbocycles. The van der Waals surface area contributed by atoms with Crippen LogP contribution in [0.2, 0.25) is 0 Å². The Morgan fingerprint density at radius 2 is 2.16 bits per heavy atom. The Bertz CT molecular complexity index is 570. The first-order valence-corrected chi connectivity index (χ1v) is 6.30. The second-order valence-corrected chi connectivity index (χ2v) is 4.74. The van der Waals surface area contributed by atoms with Gasteiger partial charge in [-0.1, -0.05) is 0 Å². The highest BCUT2D eigenvalue weighted by molar-refractivity contribution is 7.14. The topological polar surface area (TPSA) is 127 Å². The number of carboxylic acids is 1. The van der Waals surface area contributed by atoms with E-state index in [1.54, 1.807) is 6.92 Å². The molecular formula is C10H12N6O2S. The van der Waals surface area contributed by atoms with Crippen LogP contribution in [0.3, 0.4) is 0 Å². The van der Waals surface area contributed by atoms with Crippen LogP contribution in [0.5, 0.6) is 0 Å². The van der Waals surface area contributed by atoms with Gasteiger partial charge in [0, 0.05) is 6.42 Å². The molecule has 2 rings (SSSR count). The van der Waals surface area contributed by atoms with Gasteiger partial charge >= 0.3 is 5.97 Å². The number of nitrogens with two attached hydrogens (primary N) is 1. The number of nitrogens with one attached hydrogen (secondary N) is 1. The van der Waals surface area contributed by atoms with Gasteiger partial charge in [-0.05, 0) is 23.9 Å². The lowest BCUT2D eigenvalue weighted by atomic mass is 10.1. The lowest BCUT2D eigenvalue weighted by molar-refractivity contribution is -0.138. The molecule has 4 N–H and O–H groups in total. The first-order valence-electron chi connectivity index (χ1n) is 5.42. The van der Waals surface area contributed by atoms with Crippen molar-refractivity contribution >= 4 is 28.3 Å². The fraction of sp³-hybridized carbons (Fsp3) is 0.300. The Hall–Kier alpha value is -2.13. The van der Waals surface area contributed by atoms with Crippen molar-refractivity contribution in [2.75, 3.05) is 5.32 Å². The van der Waals surface area contributed by atoms with E-state index in [2.05, 4.69) is 25.7 Å². The fourth-order valence-corrected chi connectivity index (χ4v) is 2.18. The number of aromatic nitrogens is 4. The number of nitrogens with zero attached hydrogens (tertiary/aromatic N) is 4. The normalized spacial score (nSPS) is 12.1. The molecule has 0 aliphatic rings. The Morgan fingerprint density at radius 3 is 2.79 bits per heavy atom. The van der Waals surface area contributed by atoms with Gasteiger partial charge in [0.1, 0.15) is 6.04 Å². The molecule has 9 heteroatoms. The van der Waals surface area contributed by atoms with E-state index in [0.717, 1.165) is 10.6 Å².